The van der Waals surface area contributed by atoms with Crippen molar-refractivity contribution in [3.63, 3.8) is 0 Å². The largest absolute Gasteiger partial charge is 0.467 e. The number of aryl methyl sites for hydroxylation is 1. The van der Waals surface area contributed by atoms with Gasteiger partial charge in [0.15, 0.2) is 6.04 Å². The van der Waals surface area contributed by atoms with E-state index in [1.807, 2.05) is 24.4 Å². The van der Waals surface area contributed by atoms with Gasteiger partial charge in [-0.05, 0) is 18.6 Å². The van der Waals surface area contributed by atoms with E-state index in [0.717, 1.165) is 18.5 Å². The van der Waals surface area contributed by atoms with Crippen LogP contribution in [0.25, 0.3) is 0 Å². The Morgan fingerprint density at radius 2 is 2.24 bits per heavy atom. The highest BCUT2D eigenvalue weighted by Gasteiger charge is 2.23. The Bertz CT molecular complexity index is 612. The zero-order valence-corrected chi connectivity index (χ0v) is 12.8. The molecule has 0 aliphatic heterocycles. The number of hydrogen-bond acceptors (Lipinski definition) is 4. The number of nitrogens with one attached hydrogen (secondary N) is 1. The third-order valence-electron chi connectivity index (χ3n) is 3.05. The molecule has 0 aliphatic carbocycles. The van der Waals surface area contributed by atoms with Crippen LogP contribution in [0, 0.1) is 0 Å². The van der Waals surface area contributed by atoms with E-state index in [1.165, 1.54) is 7.11 Å². The molecule has 2 rings (SSSR count). The number of carbonyl (C=O) groups excluding carboxylic acids is 1. The van der Waals surface area contributed by atoms with Gasteiger partial charge in [-0.3, -0.25) is 4.68 Å². The van der Waals surface area contributed by atoms with Gasteiger partial charge in [0, 0.05) is 18.3 Å². The van der Waals surface area contributed by atoms with Gasteiger partial charge in [0.05, 0.1) is 24.0 Å². The van der Waals surface area contributed by atoms with Gasteiger partial charge in [0.2, 0.25) is 0 Å². The van der Waals surface area contributed by atoms with E-state index in [9.17, 15) is 4.79 Å². The molecule has 0 fully saturated rings. The van der Waals surface area contributed by atoms with Crippen LogP contribution in [0.4, 0.5) is 5.69 Å². The van der Waals surface area contributed by atoms with Crippen LogP contribution in [0.1, 0.15) is 24.9 Å². The molecule has 0 aliphatic rings. The maximum atomic E-state index is 12.0. The first-order valence-electron chi connectivity index (χ1n) is 6.77. The minimum absolute atomic E-state index is 0.383. The lowest BCUT2D eigenvalue weighted by Gasteiger charge is -2.17. The van der Waals surface area contributed by atoms with Crippen molar-refractivity contribution in [2.75, 3.05) is 12.4 Å². The lowest BCUT2D eigenvalue weighted by molar-refractivity contribution is -0.141. The summed E-state index contributed by atoms with van der Waals surface area (Å²) >= 11 is 6.12. The monoisotopic (exact) mass is 307 g/mol. The number of para-hydroxylation sites is 1. The molecule has 1 unspecified atom stereocenters. The van der Waals surface area contributed by atoms with E-state index in [-0.39, 0.29) is 5.97 Å². The Morgan fingerprint density at radius 3 is 2.90 bits per heavy atom. The molecule has 1 aromatic carbocycles. The average Bonchev–Trinajstić information content (AvgIpc) is 2.94. The van der Waals surface area contributed by atoms with Crippen molar-refractivity contribution in [3.05, 3.63) is 47.2 Å². The smallest absolute Gasteiger partial charge is 0.333 e. The van der Waals surface area contributed by atoms with Gasteiger partial charge in [-0.1, -0.05) is 30.7 Å². The molecule has 0 bridgehead atoms. The third kappa shape index (κ3) is 3.76. The summed E-state index contributed by atoms with van der Waals surface area (Å²) in [6.07, 6.45) is 4.48. The standard InChI is InChI=1S/C15H18ClN3O2/c1-3-8-19-10-11(9-17-19)14(15(20)21-2)18-13-7-5-4-6-12(13)16/h4-7,9-10,14,18H,3,8H2,1-2H3. The predicted octanol–water partition coefficient (Wildman–Crippen LogP) is 3.27. The van der Waals surface area contributed by atoms with Gasteiger partial charge in [-0.2, -0.15) is 5.10 Å². The van der Waals surface area contributed by atoms with Crippen molar-refractivity contribution in [2.24, 2.45) is 0 Å². The fourth-order valence-corrected chi connectivity index (χ4v) is 2.20. The number of anilines is 1. The molecule has 0 saturated heterocycles. The summed E-state index contributed by atoms with van der Waals surface area (Å²) in [6.45, 7) is 2.88. The lowest BCUT2D eigenvalue weighted by Crippen LogP contribution is -2.22. The summed E-state index contributed by atoms with van der Waals surface area (Å²) in [5.74, 6) is -0.383. The van der Waals surface area contributed by atoms with Crippen LogP contribution in [-0.4, -0.2) is 22.9 Å². The first-order valence-corrected chi connectivity index (χ1v) is 7.14. The van der Waals surface area contributed by atoms with Gasteiger partial charge in [-0.15, -0.1) is 0 Å². The molecule has 1 N–H and O–H groups in total. The molecule has 0 spiro atoms. The fraction of sp³-hybridized carbons (Fsp3) is 0.333. The predicted molar refractivity (Wildman–Crippen MR) is 82.3 cm³/mol. The van der Waals surface area contributed by atoms with Crippen molar-refractivity contribution >= 4 is 23.3 Å². The van der Waals surface area contributed by atoms with Gasteiger partial charge < -0.3 is 10.1 Å². The van der Waals surface area contributed by atoms with Crippen molar-refractivity contribution in [3.8, 4) is 0 Å². The second kappa shape index (κ2) is 7.13. The van der Waals surface area contributed by atoms with E-state index >= 15 is 0 Å². The molecule has 1 atom stereocenters. The quantitative estimate of drug-likeness (QED) is 0.832. The summed E-state index contributed by atoms with van der Waals surface area (Å²) in [4.78, 5) is 12.0. The molecular formula is C15H18ClN3O2. The Balaban J connectivity index is 2.26. The zero-order valence-electron chi connectivity index (χ0n) is 12.0. The highest BCUT2D eigenvalue weighted by atomic mass is 35.5. The van der Waals surface area contributed by atoms with E-state index in [1.54, 1.807) is 16.9 Å². The summed E-state index contributed by atoms with van der Waals surface area (Å²) in [7, 11) is 1.36. The average molecular weight is 308 g/mol. The van der Waals surface area contributed by atoms with Gasteiger partial charge >= 0.3 is 5.97 Å². The summed E-state index contributed by atoms with van der Waals surface area (Å²) in [5, 5.41) is 7.90. The van der Waals surface area contributed by atoms with Crippen LogP contribution < -0.4 is 5.32 Å². The van der Waals surface area contributed by atoms with Crippen LogP contribution in [-0.2, 0) is 16.1 Å². The second-order valence-corrected chi connectivity index (χ2v) is 5.02. The first kappa shape index (κ1) is 15.4. The number of halogens is 1. The number of aromatic nitrogens is 2. The van der Waals surface area contributed by atoms with Crippen molar-refractivity contribution in [1.82, 2.24) is 9.78 Å². The highest BCUT2D eigenvalue weighted by molar-refractivity contribution is 6.33. The highest BCUT2D eigenvalue weighted by Crippen LogP contribution is 2.26. The topological polar surface area (TPSA) is 56.2 Å². The molecule has 21 heavy (non-hydrogen) atoms. The summed E-state index contributed by atoms with van der Waals surface area (Å²) in [6, 6.07) is 6.62. The van der Waals surface area contributed by atoms with Gasteiger partial charge in [0.1, 0.15) is 0 Å². The molecule has 0 amide bonds. The summed E-state index contributed by atoms with van der Waals surface area (Å²) < 4.78 is 6.67. The number of ether oxygens (including phenoxy) is 1. The van der Waals surface area contributed by atoms with E-state index < -0.39 is 6.04 Å². The molecule has 6 heteroatoms. The number of hydrogen-bond donors (Lipinski definition) is 1. The zero-order chi connectivity index (χ0) is 15.2. The third-order valence-corrected chi connectivity index (χ3v) is 3.38. The minimum Gasteiger partial charge on any atom is -0.467 e. The van der Waals surface area contributed by atoms with Gasteiger partial charge in [-0.25, -0.2) is 4.79 Å². The van der Waals surface area contributed by atoms with Crippen LogP contribution >= 0.6 is 11.6 Å². The number of benzene rings is 1. The molecule has 2 aromatic rings. The lowest BCUT2D eigenvalue weighted by atomic mass is 10.1. The van der Waals surface area contributed by atoms with Crippen LogP contribution in [0.2, 0.25) is 5.02 Å². The molecule has 112 valence electrons. The fourth-order valence-electron chi connectivity index (χ4n) is 2.01. The van der Waals surface area contributed by atoms with Gasteiger partial charge in [0.25, 0.3) is 0 Å². The molecule has 0 radical (unpaired) electrons. The molecule has 1 aromatic heterocycles. The second-order valence-electron chi connectivity index (χ2n) is 4.62. The molecule has 0 saturated carbocycles. The van der Waals surface area contributed by atoms with Crippen molar-refractivity contribution < 1.29 is 9.53 Å². The van der Waals surface area contributed by atoms with E-state index in [4.69, 9.17) is 16.3 Å². The maximum Gasteiger partial charge on any atom is 0.333 e. The first-order chi connectivity index (χ1) is 10.2. The van der Waals surface area contributed by atoms with Crippen molar-refractivity contribution in [1.29, 1.82) is 0 Å². The normalized spacial score (nSPS) is 12.0. The Hall–Kier alpha value is -2.01. The Labute approximate surface area is 128 Å². The number of esters is 1. The summed E-state index contributed by atoms with van der Waals surface area (Å²) in [5.41, 5.74) is 1.42. The Morgan fingerprint density at radius 1 is 1.48 bits per heavy atom. The minimum atomic E-state index is -0.638. The Kier molecular flexibility index (Phi) is 5.22. The number of carbonyl (C=O) groups is 1. The van der Waals surface area contributed by atoms with Crippen molar-refractivity contribution in [2.45, 2.75) is 25.9 Å². The number of rotatable bonds is 6. The number of methoxy groups -OCH3 is 1. The van der Waals surface area contributed by atoms with Crippen LogP contribution in [0.15, 0.2) is 36.7 Å². The van der Waals surface area contributed by atoms with E-state index in [2.05, 4.69) is 17.3 Å². The molecule has 5 nitrogen and oxygen atoms in total. The SMILES string of the molecule is CCCn1cc(C(Nc2ccccc2Cl)C(=O)OC)cn1. The number of nitrogens with zero attached hydrogens (tertiary/aromatic N) is 2. The van der Waals surface area contributed by atoms with Crippen LogP contribution in [0.3, 0.4) is 0 Å². The maximum absolute atomic E-state index is 12.0. The van der Waals surface area contributed by atoms with Crippen LogP contribution in [0.5, 0.6) is 0 Å². The molecule has 1 heterocycles. The molecular weight excluding hydrogens is 290 g/mol. The van der Waals surface area contributed by atoms with E-state index in [0.29, 0.717) is 10.7 Å².